The molecule has 8 nitrogen and oxygen atoms in total. The molecule has 0 saturated carbocycles. The Morgan fingerprint density at radius 1 is 1.06 bits per heavy atom. The first-order valence-electron chi connectivity index (χ1n) is 17.2. The van der Waals surface area contributed by atoms with E-state index in [1.165, 1.54) is 23.1 Å². The van der Waals surface area contributed by atoms with Crippen LogP contribution in [0.2, 0.25) is 0 Å². The summed E-state index contributed by atoms with van der Waals surface area (Å²) in [5.41, 5.74) is 0.758. The number of urea groups is 1. The van der Waals surface area contributed by atoms with E-state index in [-0.39, 0.29) is 41.4 Å². The quantitative estimate of drug-likeness (QED) is 0.113. The van der Waals surface area contributed by atoms with Gasteiger partial charge in [-0.25, -0.2) is 4.79 Å². The molecule has 0 fully saturated rings. The molecule has 51 heavy (non-hydrogen) atoms. The number of halogens is 4. The van der Waals surface area contributed by atoms with Crippen molar-refractivity contribution in [3.63, 3.8) is 0 Å². The Labute approximate surface area is 304 Å². The Morgan fingerprint density at radius 2 is 1.76 bits per heavy atom. The predicted octanol–water partition coefficient (Wildman–Crippen LogP) is 8.94. The fourth-order valence-electron chi connectivity index (χ4n) is 5.80. The Bertz CT molecular complexity index is 1660. The molecular formula is C39H48ClF3N4O4. The Balaban J connectivity index is 2.11. The van der Waals surface area contributed by atoms with Gasteiger partial charge in [0.1, 0.15) is 23.4 Å². The fraction of sp³-hybridized carbons (Fsp3) is 0.462. The van der Waals surface area contributed by atoms with E-state index in [1.54, 1.807) is 61.9 Å². The first-order valence-corrected chi connectivity index (χ1v) is 17.5. The van der Waals surface area contributed by atoms with Gasteiger partial charge in [0.2, 0.25) is 5.91 Å². The molecule has 1 N–H and O–H groups in total. The van der Waals surface area contributed by atoms with Crippen LogP contribution in [-0.2, 0) is 11.0 Å². The number of hydrogen-bond acceptors (Lipinski definition) is 5. The number of phenolic OH excluding ortho intramolecular Hbond substituents is 1. The van der Waals surface area contributed by atoms with Crippen molar-refractivity contribution in [2.45, 2.75) is 85.0 Å². The molecule has 2 aromatic rings. The first-order chi connectivity index (χ1) is 24.2. The second-order valence-electron chi connectivity index (χ2n) is 12.3. The average Bonchev–Trinajstić information content (AvgIpc) is 3.48. The number of rotatable bonds is 15. The number of hydrogen-bond donors (Lipinski definition) is 1. The van der Waals surface area contributed by atoms with Crippen LogP contribution in [0.4, 0.5) is 18.0 Å². The van der Waals surface area contributed by atoms with Crippen molar-refractivity contribution < 1.29 is 32.6 Å². The van der Waals surface area contributed by atoms with Crippen LogP contribution in [0.25, 0.3) is 0 Å². The van der Waals surface area contributed by atoms with E-state index in [4.69, 9.17) is 21.3 Å². The molecule has 12 heteroatoms. The van der Waals surface area contributed by atoms with Crippen LogP contribution in [0.15, 0.2) is 70.2 Å². The number of nitrogens with zero attached hydrogens (tertiary/aromatic N) is 4. The summed E-state index contributed by atoms with van der Waals surface area (Å²) >= 11 is 6.20. The molecule has 0 aliphatic carbocycles. The normalized spacial score (nSPS) is 16.4. The molecule has 0 radical (unpaired) electrons. The topological polar surface area (TPSA) is 85.7 Å². The van der Waals surface area contributed by atoms with E-state index in [2.05, 4.69) is 11.8 Å². The highest BCUT2D eigenvalue weighted by molar-refractivity contribution is 6.29. The van der Waals surface area contributed by atoms with Crippen molar-refractivity contribution in [2.75, 3.05) is 33.3 Å². The van der Waals surface area contributed by atoms with Gasteiger partial charge in [-0.1, -0.05) is 36.7 Å². The molecule has 3 amide bonds. The van der Waals surface area contributed by atoms with Crippen LogP contribution < -0.4 is 4.74 Å². The molecule has 2 unspecified atom stereocenters. The molecule has 1 heterocycles. The van der Waals surface area contributed by atoms with Crippen LogP contribution in [-0.4, -0.2) is 76.9 Å². The van der Waals surface area contributed by atoms with Gasteiger partial charge in [0.05, 0.1) is 23.8 Å². The lowest BCUT2D eigenvalue weighted by Crippen LogP contribution is -2.50. The number of allylic oxidation sites excluding steroid dienone is 3. The number of benzene rings is 2. The van der Waals surface area contributed by atoms with Gasteiger partial charge in [0.25, 0.3) is 0 Å². The van der Waals surface area contributed by atoms with Crippen LogP contribution in [0.5, 0.6) is 11.5 Å². The summed E-state index contributed by atoms with van der Waals surface area (Å²) < 4.78 is 47.2. The molecule has 276 valence electrons. The van der Waals surface area contributed by atoms with Crippen molar-refractivity contribution in [3.05, 3.63) is 81.9 Å². The van der Waals surface area contributed by atoms with E-state index in [0.29, 0.717) is 62.3 Å². The molecule has 0 saturated heterocycles. The maximum absolute atomic E-state index is 14.8. The van der Waals surface area contributed by atoms with Crippen molar-refractivity contribution in [1.29, 1.82) is 0 Å². The number of amides is 3. The minimum Gasteiger partial charge on any atom is -0.508 e. The van der Waals surface area contributed by atoms with Crippen LogP contribution in [0.3, 0.4) is 0 Å². The molecule has 1 aliphatic rings. The minimum atomic E-state index is -4.61. The van der Waals surface area contributed by atoms with Crippen molar-refractivity contribution >= 4 is 29.4 Å². The number of carbonyl (C=O) groups is 2. The molecule has 1 aliphatic heterocycles. The number of unbranched alkanes of at least 4 members (excludes halogenated alkanes) is 1. The van der Waals surface area contributed by atoms with E-state index in [9.17, 15) is 27.9 Å². The van der Waals surface area contributed by atoms with E-state index in [1.807, 2.05) is 13.8 Å². The summed E-state index contributed by atoms with van der Waals surface area (Å²) in [5, 5.41) is 10.6. The third-order valence-electron chi connectivity index (χ3n) is 8.41. The zero-order valence-electron chi connectivity index (χ0n) is 30.2. The fourth-order valence-corrected chi connectivity index (χ4v) is 5.86. The van der Waals surface area contributed by atoms with Gasteiger partial charge in [-0.3, -0.25) is 14.7 Å². The smallest absolute Gasteiger partial charge is 0.416 e. The summed E-state index contributed by atoms with van der Waals surface area (Å²) in [6.07, 6.45) is 1.57. The van der Waals surface area contributed by atoms with Gasteiger partial charge in [0.15, 0.2) is 0 Å². The molecule has 0 spiro atoms. The van der Waals surface area contributed by atoms with Gasteiger partial charge >= 0.3 is 12.2 Å². The van der Waals surface area contributed by atoms with Crippen molar-refractivity contribution in [3.8, 4) is 23.3 Å². The molecule has 3 rings (SSSR count). The number of phenols is 1. The lowest BCUT2D eigenvalue weighted by atomic mass is 9.94. The summed E-state index contributed by atoms with van der Waals surface area (Å²) in [6, 6.07) is 7.88. The maximum Gasteiger partial charge on any atom is 0.416 e. The van der Waals surface area contributed by atoms with Crippen LogP contribution in [0.1, 0.15) is 89.5 Å². The van der Waals surface area contributed by atoms with Crippen molar-refractivity contribution in [1.82, 2.24) is 14.7 Å². The van der Waals surface area contributed by atoms with E-state index < -0.39 is 23.8 Å². The van der Waals surface area contributed by atoms with Crippen molar-refractivity contribution in [2.24, 2.45) is 4.99 Å². The third kappa shape index (κ3) is 11.3. The summed E-state index contributed by atoms with van der Waals surface area (Å²) in [4.78, 5) is 37.5. The Kier molecular flexibility index (Phi) is 15.5. The second kappa shape index (κ2) is 19.3. The lowest BCUT2D eigenvalue weighted by Gasteiger charge is -2.35. The molecule has 0 aromatic heterocycles. The Hall–Kier alpha value is -4.43. The summed E-state index contributed by atoms with van der Waals surface area (Å²) in [7, 11) is 1.75. The molecular weight excluding hydrogens is 681 g/mol. The zero-order chi connectivity index (χ0) is 37.7. The first kappa shape index (κ1) is 41.0. The SMILES string of the molecule is CC#CCCN(C)C(=O)CCCCN(CCC)C(=O)N1C(c2ccc(C(F)(F)F)cc2OCC)=NC(c2ccc(O)cc2)C1/C(C)=C/C=C(\C)Cl. The number of alkyl halides is 3. The number of ether oxygens (including phenoxy) is 1. The van der Waals surface area contributed by atoms with E-state index >= 15 is 0 Å². The van der Waals surface area contributed by atoms with Gasteiger partial charge in [-0.15, -0.1) is 11.8 Å². The predicted molar refractivity (Wildman–Crippen MR) is 196 cm³/mol. The number of carbonyl (C=O) groups excluding carboxylic acids is 2. The second-order valence-corrected chi connectivity index (χ2v) is 12.9. The highest BCUT2D eigenvalue weighted by Crippen LogP contribution is 2.41. The summed E-state index contributed by atoms with van der Waals surface area (Å²) in [6.45, 7) is 10.3. The maximum atomic E-state index is 14.8. The standard InChI is InChI=1S/C39H48ClF3N4O4/c1-7-10-12-24-45(6)34(49)14-11-13-25-46(23-8-2)38(50)47-36(27(4)15-16-28(5)40)35(29-17-20-31(48)21-18-29)44-37(47)32-22-19-30(39(41,42)43)26-33(32)51-9-3/h15-22,26,35-36,48H,8-9,11-14,23-25H2,1-6H3/b27-15+,28-16+. The molecule has 2 aromatic carbocycles. The van der Waals surface area contributed by atoms with Gasteiger partial charge in [0, 0.05) is 44.6 Å². The monoisotopic (exact) mass is 728 g/mol. The molecule has 2 atom stereocenters. The zero-order valence-corrected chi connectivity index (χ0v) is 30.9. The van der Waals surface area contributed by atoms with Gasteiger partial charge < -0.3 is 19.6 Å². The largest absolute Gasteiger partial charge is 0.508 e. The Morgan fingerprint density at radius 3 is 2.37 bits per heavy atom. The van der Waals surface area contributed by atoms with E-state index in [0.717, 1.165) is 17.7 Å². The average molecular weight is 729 g/mol. The minimum absolute atomic E-state index is 0.00111. The third-order valence-corrected chi connectivity index (χ3v) is 8.53. The summed E-state index contributed by atoms with van der Waals surface area (Å²) in [5.74, 6) is 5.94. The van der Waals surface area contributed by atoms with Crippen LogP contribution >= 0.6 is 11.6 Å². The van der Waals surface area contributed by atoms with Gasteiger partial charge in [-0.2, -0.15) is 13.2 Å². The number of aromatic hydroxyl groups is 1. The lowest BCUT2D eigenvalue weighted by molar-refractivity contribution is -0.137. The van der Waals surface area contributed by atoms with Crippen LogP contribution in [0, 0.1) is 11.8 Å². The molecule has 0 bridgehead atoms. The number of amidine groups is 1. The number of aliphatic imine (C=N–C) groups is 1. The van der Waals surface area contributed by atoms with Gasteiger partial charge in [-0.05, 0) is 94.5 Å². The highest BCUT2D eigenvalue weighted by Gasteiger charge is 2.44. The highest BCUT2D eigenvalue weighted by atomic mass is 35.5.